The molecule has 0 saturated heterocycles. The predicted molar refractivity (Wildman–Crippen MR) is 109 cm³/mol. The van der Waals surface area contributed by atoms with Gasteiger partial charge in [0, 0.05) is 0 Å². The fourth-order valence-corrected chi connectivity index (χ4v) is 3.99. The first-order valence-electron chi connectivity index (χ1n) is 9.23. The lowest BCUT2D eigenvalue weighted by Crippen LogP contribution is -2.46. The van der Waals surface area contributed by atoms with E-state index in [-0.39, 0.29) is 6.61 Å². The SMILES string of the molecule is CC(C)(C)OP(=O)(ON(C(=O)OCc1ccccc1)C(C)(C)C)OC(C)(C)C. The highest BCUT2D eigenvalue weighted by atomic mass is 31.2. The zero-order chi connectivity index (χ0) is 21.8. The number of hydroxylamine groups is 2. The maximum absolute atomic E-state index is 13.4. The number of ether oxygens (including phenoxy) is 1. The summed E-state index contributed by atoms with van der Waals surface area (Å²) in [4.78, 5) is 12.7. The van der Waals surface area contributed by atoms with Gasteiger partial charge >= 0.3 is 13.9 Å². The van der Waals surface area contributed by atoms with E-state index in [4.69, 9.17) is 18.4 Å². The molecule has 1 rings (SSSR count). The van der Waals surface area contributed by atoms with E-state index in [1.165, 1.54) is 0 Å². The number of hydrogen-bond donors (Lipinski definition) is 0. The molecular formula is C20H34NO6P. The van der Waals surface area contributed by atoms with Crippen molar-refractivity contribution in [2.75, 3.05) is 0 Å². The lowest BCUT2D eigenvalue weighted by atomic mass is 10.1. The summed E-state index contributed by atoms with van der Waals surface area (Å²) in [6.07, 6.45) is -0.786. The number of nitrogens with zero attached hydrogens (tertiary/aromatic N) is 1. The van der Waals surface area contributed by atoms with Crippen LogP contribution in [0.15, 0.2) is 30.3 Å². The monoisotopic (exact) mass is 415 g/mol. The van der Waals surface area contributed by atoms with Crippen molar-refractivity contribution in [2.24, 2.45) is 0 Å². The van der Waals surface area contributed by atoms with Crippen LogP contribution in [0.5, 0.6) is 0 Å². The molecule has 0 atom stereocenters. The summed E-state index contributed by atoms with van der Waals surface area (Å²) in [7, 11) is -4.14. The average molecular weight is 415 g/mol. The van der Waals surface area contributed by atoms with Gasteiger partial charge in [-0.05, 0) is 67.9 Å². The van der Waals surface area contributed by atoms with Gasteiger partial charge in [-0.25, -0.2) is 9.36 Å². The van der Waals surface area contributed by atoms with Crippen LogP contribution in [-0.4, -0.2) is 27.9 Å². The first-order chi connectivity index (χ1) is 12.5. The van der Waals surface area contributed by atoms with E-state index in [2.05, 4.69) is 0 Å². The van der Waals surface area contributed by atoms with Gasteiger partial charge in [0.2, 0.25) is 0 Å². The van der Waals surface area contributed by atoms with Gasteiger partial charge in [0.1, 0.15) is 6.61 Å². The van der Waals surface area contributed by atoms with Crippen LogP contribution in [-0.2, 0) is 29.6 Å². The molecule has 160 valence electrons. The summed E-state index contributed by atoms with van der Waals surface area (Å²) in [5.41, 5.74) is -1.67. The Morgan fingerprint density at radius 3 is 1.75 bits per heavy atom. The molecule has 0 aliphatic heterocycles. The van der Waals surface area contributed by atoms with E-state index >= 15 is 0 Å². The smallest absolute Gasteiger partial charge is 0.443 e. The zero-order valence-corrected chi connectivity index (χ0v) is 19.3. The van der Waals surface area contributed by atoms with E-state index in [1.54, 1.807) is 62.3 Å². The average Bonchev–Trinajstić information content (AvgIpc) is 2.46. The quantitative estimate of drug-likeness (QED) is 0.413. The zero-order valence-electron chi connectivity index (χ0n) is 18.4. The van der Waals surface area contributed by atoms with Crippen molar-refractivity contribution in [2.45, 2.75) is 85.7 Å². The van der Waals surface area contributed by atoms with E-state index in [0.29, 0.717) is 0 Å². The van der Waals surface area contributed by atoms with Crippen LogP contribution in [0.4, 0.5) is 4.79 Å². The van der Waals surface area contributed by atoms with E-state index in [0.717, 1.165) is 10.6 Å². The number of benzene rings is 1. The Morgan fingerprint density at radius 2 is 1.36 bits per heavy atom. The van der Waals surface area contributed by atoms with Crippen LogP contribution in [0.25, 0.3) is 0 Å². The van der Waals surface area contributed by atoms with Crippen LogP contribution in [0, 0.1) is 0 Å². The fraction of sp³-hybridized carbons (Fsp3) is 0.650. The van der Waals surface area contributed by atoms with Crippen molar-refractivity contribution in [1.29, 1.82) is 0 Å². The maximum atomic E-state index is 13.4. The standard InChI is InChI=1S/C20H34NO6P/c1-18(2,3)21(17(22)24-15-16-13-11-10-12-14-16)27-28(23,25-19(4,5)6)26-20(7,8)9/h10-14H,15H2,1-9H3. The largest absolute Gasteiger partial charge is 0.497 e. The van der Waals surface area contributed by atoms with Crippen LogP contribution < -0.4 is 0 Å². The molecule has 8 heteroatoms. The maximum Gasteiger partial charge on any atom is 0.497 e. The van der Waals surface area contributed by atoms with Gasteiger partial charge in [0.05, 0.1) is 16.7 Å². The molecule has 0 N–H and O–H groups in total. The second-order valence-corrected chi connectivity index (χ2v) is 10.9. The third-order valence-corrected chi connectivity index (χ3v) is 4.84. The number of carbonyl (C=O) groups excluding carboxylic acids is 1. The fourth-order valence-electron chi connectivity index (χ4n) is 2.03. The van der Waals surface area contributed by atoms with Gasteiger partial charge in [0.25, 0.3) is 0 Å². The van der Waals surface area contributed by atoms with Gasteiger partial charge in [-0.15, -0.1) is 0 Å². The Kier molecular flexibility index (Phi) is 7.88. The molecule has 1 aromatic carbocycles. The van der Waals surface area contributed by atoms with Crippen molar-refractivity contribution in [3.63, 3.8) is 0 Å². The lowest BCUT2D eigenvalue weighted by Gasteiger charge is -2.37. The Balaban J connectivity index is 3.06. The molecule has 0 unspecified atom stereocenters. The van der Waals surface area contributed by atoms with Crippen LogP contribution in [0.1, 0.15) is 67.9 Å². The second kappa shape index (κ2) is 8.95. The Morgan fingerprint density at radius 1 is 0.893 bits per heavy atom. The molecule has 0 saturated carbocycles. The normalized spacial score (nSPS) is 13.3. The second-order valence-electron chi connectivity index (χ2n) is 9.44. The Hall–Kier alpha value is -1.40. The number of amides is 1. The molecule has 1 amide bonds. The van der Waals surface area contributed by atoms with Gasteiger partial charge in [0.15, 0.2) is 0 Å². The molecule has 7 nitrogen and oxygen atoms in total. The lowest BCUT2D eigenvalue weighted by molar-refractivity contribution is -0.142. The molecule has 28 heavy (non-hydrogen) atoms. The molecule has 0 fully saturated rings. The highest BCUT2D eigenvalue weighted by Gasteiger charge is 2.44. The van der Waals surface area contributed by atoms with Crippen LogP contribution >= 0.6 is 7.82 Å². The third-order valence-electron chi connectivity index (χ3n) is 2.93. The van der Waals surface area contributed by atoms with Crippen molar-refractivity contribution < 1.29 is 27.8 Å². The third kappa shape index (κ3) is 9.20. The Labute approximate surface area is 168 Å². The molecule has 0 bridgehead atoms. The van der Waals surface area contributed by atoms with Gasteiger partial charge in [-0.2, -0.15) is 9.69 Å². The summed E-state index contributed by atoms with van der Waals surface area (Å²) in [5, 5.41) is 0.911. The summed E-state index contributed by atoms with van der Waals surface area (Å²) >= 11 is 0. The Bertz CT molecular complexity index is 665. The minimum absolute atomic E-state index is 0.0557. The van der Waals surface area contributed by atoms with Crippen molar-refractivity contribution in [3.05, 3.63) is 35.9 Å². The molecule has 0 aromatic heterocycles. The summed E-state index contributed by atoms with van der Waals surface area (Å²) in [6.45, 7) is 15.6. The van der Waals surface area contributed by atoms with Gasteiger partial charge < -0.3 is 4.74 Å². The molecule has 0 aliphatic rings. The minimum Gasteiger partial charge on any atom is -0.443 e. The summed E-state index contributed by atoms with van der Waals surface area (Å²) in [6, 6.07) is 9.26. The topological polar surface area (TPSA) is 74.3 Å². The van der Waals surface area contributed by atoms with Gasteiger partial charge in [-0.3, -0.25) is 9.05 Å². The van der Waals surface area contributed by atoms with Crippen molar-refractivity contribution in [3.8, 4) is 0 Å². The summed E-state index contributed by atoms with van der Waals surface area (Å²) < 4.78 is 35.5. The molecular weight excluding hydrogens is 381 g/mol. The van der Waals surface area contributed by atoms with Gasteiger partial charge in [-0.1, -0.05) is 30.3 Å². The van der Waals surface area contributed by atoms with Crippen molar-refractivity contribution >= 4 is 13.9 Å². The number of carbonyl (C=O) groups is 1. The van der Waals surface area contributed by atoms with Crippen molar-refractivity contribution in [1.82, 2.24) is 5.06 Å². The predicted octanol–water partition coefficient (Wildman–Crippen LogP) is 6.09. The summed E-state index contributed by atoms with van der Waals surface area (Å²) in [5.74, 6) is 0. The minimum atomic E-state index is -4.14. The molecule has 0 heterocycles. The first-order valence-corrected chi connectivity index (χ1v) is 10.7. The number of phosphoric ester groups is 1. The number of rotatable bonds is 6. The highest BCUT2D eigenvalue weighted by Crippen LogP contribution is 2.56. The molecule has 0 spiro atoms. The van der Waals surface area contributed by atoms with Crippen LogP contribution in [0.2, 0.25) is 0 Å². The first kappa shape index (κ1) is 24.6. The molecule has 1 aromatic rings. The molecule has 0 radical (unpaired) electrons. The number of hydrogen-bond acceptors (Lipinski definition) is 6. The van der Waals surface area contributed by atoms with Crippen LogP contribution in [0.3, 0.4) is 0 Å². The number of phosphoric acid groups is 1. The van der Waals surface area contributed by atoms with E-state index in [1.807, 2.05) is 30.3 Å². The highest BCUT2D eigenvalue weighted by molar-refractivity contribution is 7.48. The van der Waals surface area contributed by atoms with E-state index in [9.17, 15) is 9.36 Å². The molecule has 0 aliphatic carbocycles. The van der Waals surface area contributed by atoms with E-state index < -0.39 is 30.7 Å².